The molecular formula is C48H76N12O10. The van der Waals surface area contributed by atoms with Gasteiger partial charge in [-0.25, -0.2) is 9.78 Å². The maximum absolute atomic E-state index is 14.5. The van der Waals surface area contributed by atoms with Gasteiger partial charge in [0.2, 0.25) is 41.4 Å². The number of rotatable bonds is 29. The topological polar surface area (TPSA) is 343 Å². The van der Waals surface area contributed by atoms with E-state index < -0.39 is 95.5 Å². The van der Waals surface area contributed by atoms with Crippen molar-refractivity contribution in [2.24, 2.45) is 23.5 Å². The van der Waals surface area contributed by atoms with Crippen LogP contribution < -0.4 is 43.0 Å². The van der Waals surface area contributed by atoms with Crippen molar-refractivity contribution in [1.29, 1.82) is 5.41 Å². The number of benzene rings is 1. The first-order chi connectivity index (χ1) is 33.2. The lowest BCUT2D eigenvalue weighted by molar-refractivity contribution is -0.146. The molecular weight excluding hydrogens is 905 g/mol. The van der Waals surface area contributed by atoms with Gasteiger partial charge in [0, 0.05) is 44.2 Å². The van der Waals surface area contributed by atoms with E-state index in [1.807, 2.05) is 20.8 Å². The van der Waals surface area contributed by atoms with Crippen LogP contribution in [0.3, 0.4) is 0 Å². The summed E-state index contributed by atoms with van der Waals surface area (Å²) in [5.74, 6) is -7.31. The second-order valence-corrected chi connectivity index (χ2v) is 18.5. The Morgan fingerprint density at radius 3 is 1.99 bits per heavy atom. The largest absolute Gasteiger partial charge is 0.508 e. The molecule has 22 heteroatoms. The molecule has 3 rings (SSSR count). The first-order valence-electron chi connectivity index (χ1n) is 24.4. The predicted octanol–water partition coefficient (Wildman–Crippen LogP) is 1.09. The van der Waals surface area contributed by atoms with Gasteiger partial charge in [0.05, 0.1) is 6.33 Å². The van der Waals surface area contributed by atoms with E-state index in [4.69, 9.17) is 11.1 Å². The molecule has 1 aliphatic heterocycles. The minimum Gasteiger partial charge on any atom is -0.508 e. The number of imidazole rings is 1. The highest BCUT2D eigenvalue weighted by atomic mass is 16.4. The molecule has 1 aromatic carbocycles. The number of hydrogen-bond donors (Lipinski definition) is 12. The second-order valence-electron chi connectivity index (χ2n) is 18.5. The smallest absolute Gasteiger partial charge is 0.326 e. The number of aromatic amines is 1. The highest BCUT2D eigenvalue weighted by molar-refractivity contribution is 5.98. The predicted molar refractivity (Wildman–Crippen MR) is 260 cm³/mol. The van der Waals surface area contributed by atoms with Gasteiger partial charge in [-0.3, -0.25) is 39.0 Å². The van der Waals surface area contributed by atoms with Crippen molar-refractivity contribution in [2.75, 3.05) is 13.1 Å². The van der Waals surface area contributed by atoms with Crippen molar-refractivity contribution >= 4 is 53.3 Å². The van der Waals surface area contributed by atoms with Crippen molar-refractivity contribution in [2.45, 2.75) is 161 Å². The Morgan fingerprint density at radius 1 is 0.786 bits per heavy atom. The quantitative estimate of drug-likeness (QED) is 0.0309. The van der Waals surface area contributed by atoms with Crippen LogP contribution in [0.1, 0.15) is 118 Å². The average Bonchev–Trinajstić information content (AvgIpc) is 4.04. The molecule has 388 valence electrons. The van der Waals surface area contributed by atoms with Crippen molar-refractivity contribution in [3.05, 3.63) is 48.0 Å². The van der Waals surface area contributed by atoms with Crippen LogP contribution in [0, 0.1) is 23.2 Å². The number of amides is 7. The van der Waals surface area contributed by atoms with Gasteiger partial charge in [0.15, 0.2) is 5.96 Å². The average molecular weight is 981 g/mol. The molecule has 0 aliphatic carbocycles. The fourth-order valence-corrected chi connectivity index (χ4v) is 8.00. The van der Waals surface area contributed by atoms with Crippen LogP contribution in [-0.4, -0.2) is 134 Å². The number of phenols is 1. The molecule has 0 bridgehead atoms. The summed E-state index contributed by atoms with van der Waals surface area (Å²) in [6, 6.07) is -2.29. The number of hydrogen-bond acceptors (Lipinski definition) is 11. The maximum Gasteiger partial charge on any atom is 0.326 e. The van der Waals surface area contributed by atoms with Crippen LogP contribution in [0.5, 0.6) is 5.75 Å². The Labute approximate surface area is 410 Å². The molecule has 2 aromatic rings. The monoisotopic (exact) mass is 981 g/mol. The highest BCUT2D eigenvalue weighted by Crippen LogP contribution is 2.22. The van der Waals surface area contributed by atoms with E-state index in [-0.39, 0.29) is 68.7 Å². The number of likely N-dealkylation sites (tertiary alicyclic amines) is 1. The second kappa shape index (κ2) is 28.7. The first-order valence-corrected chi connectivity index (χ1v) is 24.4. The number of nitrogens with one attached hydrogen (secondary N) is 9. The third-order valence-electron chi connectivity index (χ3n) is 12.7. The van der Waals surface area contributed by atoms with E-state index in [1.165, 1.54) is 29.6 Å². The van der Waals surface area contributed by atoms with E-state index in [1.54, 1.807) is 39.8 Å². The first kappa shape index (κ1) is 57.6. The summed E-state index contributed by atoms with van der Waals surface area (Å²) in [5.41, 5.74) is 6.44. The van der Waals surface area contributed by atoms with Crippen LogP contribution in [0.15, 0.2) is 36.8 Å². The Bertz CT molecular complexity index is 2070. The highest BCUT2D eigenvalue weighted by Gasteiger charge is 2.41. The Balaban J connectivity index is 1.92. The molecule has 70 heavy (non-hydrogen) atoms. The Hall–Kier alpha value is -6.74. The zero-order chi connectivity index (χ0) is 52.1. The van der Waals surface area contributed by atoms with E-state index in [0.29, 0.717) is 43.4 Å². The summed E-state index contributed by atoms with van der Waals surface area (Å²) < 4.78 is 0. The van der Waals surface area contributed by atoms with Gasteiger partial charge < -0.3 is 63.0 Å². The third-order valence-corrected chi connectivity index (χ3v) is 12.7. The summed E-state index contributed by atoms with van der Waals surface area (Å²) in [7, 11) is 0. The molecule has 22 nitrogen and oxygen atoms in total. The summed E-state index contributed by atoms with van der Waals surface area (Å²) in [6.45, 7) is 12.8. The summed E-state index contributed by atoms with van der Waals surface area (Å²) >= 11 is 0. The number of carbonyl (C=O) groups is 8. The van der Waals surface area contributed by atoms with Crippen molar-refractivity contribution in [3.63, 3.8) is 0 Å². The molecule has 0 spiro atoms. The van der Waals surface area contributed by atoms with Crippen molar-refractivity contribution in [3.8, 4) is 5.75 Å². The van der Waals surface area contributed by atoms with Crippen LogP contribution in [0.25, 0.3) is 0 Å². The SMILES string of the molecule is CCCCC(=O)N[C@@H](CCCNC(=N)N)C(=O)N[C@H](C(=O)N[C@@H](Cc1ccc(O)cc1)C(=O)N[C@H](C(=O)N[C@@H](Cc1cnc[nH]1)C(=O)N1CCC[C@H]1C(=O)N[C@H](C(=O)O)C(C)CC)C(C)CC)C(C)C. The summed E-state index contributed by atoms with van der Waals surface area (Å²) in [5, 5.41) is 46.5. The number of aromatic hydroxyl groups is 1. The van der Waals surface area contributed by atoms with E-state index in [9.17, 15) is 48.6 Å². The number of unbranched alkanes of at least 4 members (excludes halogenated alkanes) is 1. The Morgan fingerprint density at radius 2 is 1.40 bits per heavy atom. The molecule has 2 unspecified atom stereocenters. The summed E-state index contributed by atoms with van der Waals surface area (Å²) in [6.07, 6.45) is 6.39. The third kappa shape index (κ3) is 18.0. The van der Waals surface area contributed by atoms with Crippen LogP contribution in [0.2, 0.25) is 0 Å². The van der Waals surface area contributed by atoms with Crippen molar-refractivity contribution in [1.82, 2.24) is 52.1 Å². The molecule has 13 N–H and O–H groups in total. The van der Waals surface area contributed by atoms with Gasteiger partial charge in [0.25, 0.3) is 0 Å². The van der Waals surface area contributed by atoms with Crippen LogP contribution in [-0.2, 0) is 51.2 Å². The van der Waals surface area contributed by atoms with Gasteiger partial charge in [-0.05, 0) is 67.6 Å². The van der Waals surface area contributed by atoms with E-state index >= 15 is 0 Å². The molecule has 1 saturated heterocycles. The number of carbonyl (C=O) groups excluding carboxylic acids is 7. The number of H-pyrrole nitrogens is 1. The molecule has 0 saturated carbocycles. The zero-order valence-electron chi connectivity index (χ0n) is 41.6. The number of aromatic nitrogens is 2. The lowest BCUT2D eigenvalue weighted by atomic mass is 9.96. The number of nitrogens with zero attached hydrogens (tertiary/aromatic N) is 2. The minimum atomic E-state index is -1.34. The van der Waals surface area contributed by atoms with Gasteiger partial charge in [-0.1, -0.05) is 79.9 Å². The van der Waals surface area contributed by atoms with Crippen molar-refractivity contribution < 1.29 is 48.6 Å². The summed E-state index contributed by atoms with van der Waals surface area (Å²) in [4.78, 5) is 118. The van der Waals surface area contributed by atoms with Crippen LogP contribution >= 0.6 is 0 Å². The fourth-order valence-electron chi connectivity index (χ4n) is 8.00. The molecule has 1 fully saturated rings. The Kier molecular flexibility index (Phi) is 23.6. The van der Waals surface area contributed by atoms with Crippen LogP contribution in [0.4, 0.5) is 0 Å². The molecule has 1 aliphatic rings. The lowest BCUT2D eigenvalue weighted by Gasteiger charge is -2.32. The lowest BCUT2D eigenvalue weighted by Crippen LogP contribution is -2.62. The number of carboxylic acids is 1. The molecule has 9 atom stereocenters. The minimum absolute atomic E-state index is 0.0334. The number of phenolic OH excluding ortho intramolecular Hbond substituents is 1. The fraction of sp³-hybridized carbons (Fsp3) is 0.625. The van der Waals surface area contributed by atoms with Gasteiger partial charge in [-0.2, -0.15) is 0 Å². The molecule has 2 heterocycles. The number of carboxylic acid groups (broad SMARTS) is 1. The maximum atomic E-state index is 14.5. The standard InChI is InChI=1S/C48H76N12O10/c1-8-11-16-37(62)54-33(14-12-21-52-48(49)50)41(63)57-38(27(4)5)44(66)55-34(23-30-17-19-32(61)20-18-30)42(64)58-39(28(6)9-2)45(67)56-35(24-31-25-51-26-53-31)46(68)60-22-13-15-36(60)43(65)59-40(47(69)70)29(7)10-3/h17-20,25-29,33-36,38-40,61H,8-16,21-24H2,1-7H3,(H,51,53)(H,54,62)(H,55,66)(H,56,67)(H,57,63)(H,58,64)(H,59,65)(H,69,70)(H4,49,50,52)/t28?,29?,33-,34-,35-,36-,38-,39-,40-/m0/s1. The normalized spacial score (nSPS) is 16.8. The van der Waals surface area contributed by atoms with E-state index in [2.05, 4.69) is 47.2 Å². The molecule has 7 amide bonds. The van der Waals surface area contributed by atoms with E-state index in [0.717, 1.165) is 6.42 Å². The molecule has 1 aromatic heterocycles. The zero-order valence-corrected chi connectivity index (χ0v) is 41.6. The number of guanidine groups is 1. The number of aliphatic carboxylic acids is 1. The molecule has 0 radical (unpaired) electrons. The van der Waals surface area contributed by atoms with Gasteiger partial charge in [0.1, 0.15) is 48.0 Å². The van der Waals surface area contributed by atoms with Gasteiger partial charge in [-0.15, -0.1) is 0 Å². The number of nitrogens with two attached hydrogens (primary N) is 1. The van der Waals surface area contributed by atoms with Gasteiger partial charge >= 0.3 is 5.97 Å².